The van der Waals surface area contributed by atoms with Crippen LogP contribution in [0.1, 0.15) is 13.8 Å². The molecule has 0 fully saturated rings. The van der Waals surface area contributed by atoms with Crippen molar-refractivity contribution in [1.82, 2.24) is 9.97 Å². The molecule has 0 amide bonds. The summed E-state index contributed by atoms with van der Waals surface area (Å²) in [4.78, 5) is 10.6. The van der Waals surface area contributed by atoms with Gasteiger partial charge in [-0.1, -0.05) is 12.1 Å². The van der Waals surface area contributed by atoms with Gasteiger partial charge in [-0.05, 0) is 26.0 Å². The van der Waals surface area contributed by atoms with E-state index in [2.05, 4.69) is 53.0 Å². The van der Waals surface area contributed by atoms with Crippen LogP contribution in [0.25, 0.3) is 11.3 Å². The Morgan fingerprint density at radius 3 is 2.17 bits per heavy atom. The van der Waals surface area contributed by atoms with Gasteiger partial charge in [0, 0.05) is 24.3 Å². The Morgan fingerprint density at radius 1 is 1.00 bits per heavy atom. The monoisotopic (exact) mass is 242 g/mol. The quantitative estimate of drug-likeness (QED) is 0.895. The van der Waals surface area contributed by atoms with Crippen molar-refractivity contribution in [1.29, 1.82) is 0 Å². The molecule has 4 heteroatoms. The molecule has 0 saturated carbocycles. The highest BCUT2D eigenvalue weighted by Crippen LogP contribution is 2.21. The fourth-order valence-electron chi connectivity index (χ4n) is 1.92. The van der Waals surface area contributed by atoms with Crippen LogP contribution in [-0.2, 0) is 0 Å². The van der Waals surface area contributed by atoms with Crippen molar-refractivity contribution in [3.8, 4) is 11.3 Å². The fourth-order valence-corrected chi connectivity index (χ4v) is 1.92. The summed E-state index contributed by atoms with van der Waals surface area (Å²) in [5.41, 5.74) is 8.65. The third kappa shape index (κ3) is 2.59. The normalized spacial score (nSPS) is 10.3. The van der Waals surface area contributed by atoms with Gasteiger partial charge >= 0.3 is 0 Å². The Morgan fingerprint density at radius 2 is 1.67 bits per heavy atom. The van der Waals surface area contributed by atoms with Gasteiger partial charge in [0.25, 0.3) is 0 Å². The lowest BCUT2D eigenvalue weighted by Gasteiger charge is -2.21. The average molecular weight is 242 g/mol. The zero-order chi connectivity index (χ0) is 13.0. The summed E-state index contributed by atoms with van der Waals surface area (Å²) in [6, 6.07) is 8.35. The van der Waals surface area contributed by atoms with E-state index in [0.29, 0.717) is 5.82 Å². The van der Waals surface area contributed by atoms with Crippen LogP contribution in [0.2, 0.25) is 0 Å². The molecule has 2 N–H and O–H groups in total. The molecule has 0 atom stereocenters. The summed E-state index contributed by atoms with van der Waals surface area (Å²) in [5, 5.41) is 0. The molecule has 1 aromatic heterocycles. The van der Waals surface area contributed by atoms with Crippen molar-refractivity contribution in [2.24, 2.45) is 0 Å². The largest absolute Gasteiger partial charge is 0.382 e. The van der Waals surface area contributed by atoms with Crippen LogP contribution in [0.4, 0.5) is 11.5 Å². The maximum atomic E-state index is 5.52. The zero-order valence-electron chi connectivity index (χ0n) is 10.8. The van der Waals surface area contributed by atoms with E-state index < -0.39 is 0 Å². The topological polar surface area (TPSA) is 55.0 Å². The minimum absolute atomic E-state index is 0.443. The summed E-state index contributed by atoms with van der Waals surface area (Å²) in [5.74, 6) is 0.443. The first-order valence-corrected chi connectivity index (χ1v) is 6.17. The number of anilines is 2. The lowest BCUT2D eigenvalue weighted by Crippen LogP contribution is -2.21. The predicted molar refractivity (Wildman–Crippen MR) is 75.4 cm³/mol. The Kier molecular flexibility index (Phi) is 3.77. The molecule has 94 valence electrons. The van der Waals surface area contributed by atoms with E-state index in [1.165, 1.54) is 5.69 Å². The van der Waals surface area contributed by atoms with Crippen LogP contribution in [-0.4, -0.2) is 23.1 Å². The van der Waals surface area contributed by atoms with Crippen LogP contribution in [0.3, 0.4) is 0 Å². The van der Waals surface area contributed by atoms with Crippen LogP contribution < -0.4 is 10.6 Å². The number of hydrogen-bond acceptors (Lipinski definition) is 4. The first-order chi connectivity index (χ1) is 8.74. The molecule has 4 nitrogen and oxygen atoms in total. The molecule has 0 bridgehead atoms. The Bertz CT molecular complexity index is 486. The Balaban J connectivity index is 2.24. The van der Waals surface area contributed by atoms with E-state index >= 15 is 0 Å². The number of nitrogen functional groups attached to an aromatic ring is 1. The van der Waals surface area contributed by atoms with Gasteiger partial charge in [-0.2, -0.15) is 0 Å². The molecule has 0 saturated heterocycles. The molecular formula is C14H18N4. The molecule has 1 heterocycles. The average Bonchev–Trinajstić information content (AvgIpc) is 2.42. The number of rotatable bonds is 4. The summed E-state index contributed by atoms with van der Waals surface area (Å²) in [6.07, 6.45) is 3.27. The SMILES string of the molecule is CCN(CC)c1ccc(-c2cnc(N)cn2)cc1. The standard InChI is InChI=1S/C14H18N4/c1-3-18(4-2)12-7-5-11(6-8-12)13-9-17-14(15)10-16-13/h5-10H,3-4H2,1-2H3,(H2,15,17). The van der Waals surface area contributed by atoms with E-state index in [9.17, 15) is 0 Å². The molecule has 0 spiro atoms. The second kappa shape index (κ2) is 5.49. The van der Waals surface area contributed by atoms with Crippen molar-refractivity contribution in [3.63, 3.8) is 0 Å². The minimum atomic E-state index is 0.443. The van der Waals surface area contributed by atoms with Crippen molar-refractivity contribution in [2.45, 2.75) is 13.8 Å². The highest BCUT2D eigenvalue weighted by atomic mass is 15.1. The third-order valence-corrected chi connectivity index (χ3v) is 2.96. The summed E-state index contributed by atoms with van der Waals surface area (Å²) >= 11 is 0. The molecule has 2 aromatic rings. The first kappa shape index (κ1) is 12.4. The molecular weight excluding hydrogens is 224 g/mol. The smallest absolute Gasteiger partial charge is 0.141 e. The van der Waals surface area contributed by atoms with Gasteiger partial charge < -0.3 is 10.6 Å². The molecule has 0 aliphatic heterocycles. The summed E-state index contributed by atoms with van der Waals surface area (Å²) < 4.78 is 0. The maximum Gasteiger partial charge on any atom is 0.141 e. The van der Waals surface area contributed by atoms with Gasteiger partial charge in [0.2, 0.25) is 0 Å². The van der Waals surface area contributed by atoms with E-state index in [-0.39, 0.29) is 0 Å². The Labute approximate surface area is 107 Å². The molecule has 0 aliphatic rings. The number of nitrogens with two attached hydrogens (primary N) is 1. The van der Waals surface area contributed by atoms with Crippen LogP contribution in [0, 0.1) is 0 Å². The second-order valence-corrected chi connectivity index (χ2v) is 4.05. The first-order valence-electron chi connectivity index (χ1n) is 6.17. The second-order valence-electron chi connectivity index (χ2n) is 4.05. The van der Waals surface area contributed by atoms with Crippen LogP contribution >= 0.6 is 0 Å². The molecule has 0 unspecified atom stereocenters. The van der Waals surface area contributed by atoms with Gasteiger partial charge in [0.15, 0.2) is 0 Å². The van der Waals surface area contributed by atoms with Crippen molar-refractivity contribution >= 4 is 11.5 Å². The van der Waals surface area contributed by atoms with Gasteiger partial charge in [0.1, 0.15) is 5.82 Å². The minimum Gasteiger partial charge on any atom is -0.382 e. The van der Waals surface area contributed by atoms with Crippen LogP contribution in [0.15, 0.2) is 36.7 Å². The van der Waals surface area contributed by atoms with Crippen molar-refractivity contribution < 1.29 is 0 Å². The molecule has 0 radical (unpaired) electrons. The molecule has 18 heavy (non-hydrogen) atoms. The lowest BCUT2D eigenvalue weighted by atomic mass is 10.1. The number of nitrogens with zero attached hydrogens (tertiary/aromatic N) is 3. The zero-order valence-corrected chi connectivity index (χ0v) is 10.8. The van der Waals surface area contributed by atoms with Gasteiger partial charge in [-0.25, -0.2) is 4.98 Å². The van der Waals surface area contributed by atoms with Crippen LogP contribution in [0.5, 0.6) is 0 Å². The lowest BCUT2D eigenvalue weighted by molar-refractivity contribution is 0.866. The highest BCUT2D eigenvalue weighted by molar-refractivity contribution is 5.62. The maximum absolute atomic E-state index is 5.52. The number of benzene rings is 1. The van der Waals surface area contributed by atoms with E-state index in [0.717, 1.165) is 24.3 Å². The highest BCUT2D eigenvalue weighted by Gasteiger charge is 2.03. The number of aromatic nitrogens is 2. The Hall–Kier alpha value is -2.10. The molecule has 0 aliphatic carbocycles. The number of hydrogen-bond donors (Lipinski definition) is 1. The van der Waals surface area contributed by atoms with Crippen molar-refractivity contribution in [3.05, 3.63) is 36.7 Å². The van der Waals surface area contributed by atoms with Gasteiger partial charge in [-0.3, -0.25) is 4.98 Å². The summed E-state index contributed by atoms with van der Waals surface area (Å²) in [6.45, 7) is 6.33. The van der Waals surface area contributed by atoms with Gasteiger partial charge in [-0.15, -0.1) is 0 Å². The van der Waals surface area contributed by atoms with E-state index in [4.69, 9.17) is 5.73 Å². The summed E-state index contributed by atoms with van der Waals surface area (Å²) in [7, 11) is 0. The predicted octanol–water partition coefficient (Wildman–Crippen LogP) is 2.57. The van der Waals surface area contributed by atoms with E-state index in [1.54, 1.807) is 12.4 Å². The van der Waals surface area contributed by atoms with Crippen molar-refractivity contribution in [2.75, 3.05) is 23.7 Å². The third-order valence-electron chi connectivity index (χ3n) is 2.96. The van der Waals surface area contributed by atoms with Gasteiger partial charge in [0.05, 0.1) is 18.1 Å². The molecule has 2 rings (SSSR count). The van der Waals surface area contributed by atoms with E-state index in [1.807, 2.05) is 0 Å². The fraction of sp³-hybridized carbons (Fsp3) is 0.286. The molecule has 1 aromatic carbocycles.